The molecule has 0 fully saturated rings. The monoisotopic (exact) mass is 398 g/mol. The lowest BCUT2D eigenvalue weighted by atomic mass is 10.2. The van der Waals surface area contributed by atoms with Crippen LogP contribution in [0.15, 0.2) is 48.5 Å². The Labute approximate surface area is 161 Å². The molecule has 0 N–H and O–H groups in total. The van der Waals surface area contributed by atoms with E-state index >= 15 is 0 Å². The van der Waals surface area contributed by atoms with E-state index in [1.807, 2.05) is 19.0 Å². The van der Waals surface area contributed by atoms with Crippen LogP contribution in [0, 0.1) is 5.82 Å². The van der Waals surface area contributed by atoms with Crippen LogP contribution < -0.4 is 4.74 Å². The lowest BCUT2D eigenvalue weighted by Crippen LogP contribution is -2.39. The van der Waals surface area contributed by atoms with Crippen LogP contribution in [0.2, 0.25) is 0 Å². The van der Waals surface area contributed by atoms with Gasteiger partial charge in [-0.15, -0.1) is 0 Å². The van der Waals surface area contributed by atoms with E-state index < -0.39 is 17.6 Å². The molecular formula is C20H22F4N2O2. The maximum absolute atomic E-state index is 13.9. The van der Waals surface area contributed by atoms with Gasteiger partial charge in [-0.25, -0.2) is 4.39 Å². The minimum atomic E-state index is -4.43. The van der Waals surface area contributed by atoms with Crippen LogP contribution in [0.4, 0.5) is 17.6 Å². The molecule has 0 bridgehead atoms. The summed E-state index contributed by atoms with van der Waals surface area (Å²) in [6.07, 6.45) is -4.43. The third-order valence-corrected chi connectivity index (χ3v) is 4.03. The molecule has 0 saturated carbocycles. The molecule has 4 nitrogen and oxygen atoms in total. The van der Waals surface area contributed by atoms with Gasteiger partial charge in [-0.1, -0.05) is 18.2 Å². The number of rotatable bonds is 8. The molecule has 0 heterocycles. The van der Waals surface area contributed by atoms with Crippen molar-refractivity contribution in [3.8, 4) is 5.75 Å². The van der Waals surface area contributed by atoms with Crippen LogP contribution >= 0.6 is 0 Å². The molecule has 0 saturated heterocycles. The first-order chi connectivity index (χ1) is 13.2. The van der Waals surface area contributed by atoms with Crippen LogP contribution in [-0.2, 0) is 17.5 Å². The molecule has 2 aromatic rings. The van der Waals surface area contributed by atoms with Gasteiger partial charge in [0.15, 0.2) is 6.61 Å². The summed E-state index contributed by atoms with van der Waals surface area (Å²) in [6, 6.07) is 10.3. The number of halogens is 4. The zero-order valence-corrected chi connectivity index (χ0v) is 15.7. The number of carbonyl (C=O) groups is 1. The van der Waals surface area contributed by atoms with E-state index in [2.05, 4.69) is 0 Å². The molecular weight excluding hydrogens is 376 g/mol. The third-order valence-electron chi connectivity index (χ3n) is 4.03. The van der Waals surface area contributed by atoms with Crippen molar-refractivity contribution in [2.75, 3.05) is 33.8 Å². The van der Waals surface area contributed by atoms with Crippen LogP contribution in [0.3, 0.4) is 0 Å². The van der Waals surface area contributed by atoms with Crippen molar-refractivity contribution in [1.82, 2.24) is 9.80 Å². The summed E-state index contributed by atoms with van der Waals surface area (Å²) >= 11 is 0. The summed E-state index contributed by atoms with van der Waals surface area (Å²) in [5.41, 5.74) is -0.414. The zero-order chi connectivity index (χ0) is 20.7. The average molecular weight is 398 g/mol. The molecule has 0 aromatic heterocycles. The first-order valence-electron chi connectivity index (χ1n) is 8.63. The molecule has 0 atom stereocenters. The number of hydrogen-bond acceptors (Lipinski definition) is 3. The Kier molecular flexibility index (Phi) is 7.39. The minimum absolute atomic E-state index is 0.0791. The van der Waals surface area contributed by atoms with Crippen molar-refractivity contribution in [3.05, 3.63) is 65.5 Å². The fraction of sp³-hybridized carbons (Fsp3) is 0.350. The number of likely N-dealkylation sites (N-methyl/N-ethyl adjacent to an activating group) is 1. The summed E-state index contributed by atoms with van der Waals surface area (Å²) in [5.74, 6) is -0.640. The standard InChI is InChI=1S/C20H22F4N2O2/c1-25(2)11-12-26(13-15-5-3-4-6-18(15)21)19(27)14-28-17-9-7-16(8-10-17)20(22,23)24/h3-10H,11-14H2,1-2H3. The summed E-state index contributed by atoms with van der Waals surface area (Å²) in [6.45, 7) is 0.653. The fourth-order valence-electron chi connectivity index (χ4n) is 2.42. The topological polar surface area (TPSA) is 32.8 Å². The number of amides is 1. The molecule has 0 aliphatic carbocycles. The first-order valence-corrected chi connectivity index (χ1v) is 8.63. The number of hydrogen-bond donors (Lipinski definition) is 0. The Balaban J connectivity index is 2.02. The number of benzene rings is 2. The molecule has 152 valence electrons. The summed E-state index contributed by atoms with van der Waals surface area (Å²) in [5, 5.41) is 0. The van der Waals surface area contributed by atoms with E-state index in [0.29, 0.717) is 18.7 Å². The molecule has 1 amide bonds. The summed E-state index contributed by atoms with van der Waals surface area (Å²) in [4.78, 5) is 15.9. The second-order valence-electron chi connectivity index (χ2n) is 6.52. The second-order valence-corrected chi connectivity index (χ2v) is 6.52. The lowest BCUT2D eigenvalue weighted by Gasteiger charge is -2.25. The maximum Gasteiger partial charge on any atom is 0.416 e. The van der Waals surface area contributed by atoms with Crippen molar-refractivity contribution in [2.45, 2.75) is 12.7 Å². The van der Waals surface area contributed by atoms with Gasteiger partial charge in [-0.2, -0.15) is 13.2 Å². The predicted molar refractivity (Wildman–Crippen MR) is 97.3 cm³/mol. The van der Waals surface area contributed by atoms with E-state index in [1.165, 1.54) is 11.0 Å². The van der Waals surface area contributed by atoms with Crippen molar-refractivity contribution >= 4 is 5.91 Å². The van der Waals surface area contributed by atoms with Gasteiger partial charge in [0.1, 0.15) is 11.6 Å². The summed E-state index contributed by atoms with van der Waals surface area (Å²) in [7, 11) is 3.70. The van der Waals surface area contributed by atoms with Gasteiger partial charge in [-0.3, -0.25) is 4.79 Å². The lowest BCUT2D eigenvalue weighted by molar-refractivity contribution is -0.138. The second kappa shape index (κ2) is 9.54. The quantitative estimate of drug-likeness (QED) is 0.634. The normalized spacial score (nSPS) is 11.5. The van der Waals surface area contributed by atoms with Gasteiger partial charge in [0, 0.05) is 25.2 Å². The Hall–Kier alpha value is -2.61. The van der Waals surface area contributed by atoms with Gasteiger partial charge in [-0.05, 0) is 44.4 Å². The highest BCUT2D eigenvalue weighted by atomic mass is 19.4. The SMILES string of the molecule is CN(C)CCN(Cc1ccccc1F)C(=O)COc1ccc(C(F)(F)F)cc1. The highest BCUT2D eigenvalue weighted by Gasteiger charge is 2.30. The molecule has 8 heteroatoms. The smallest absolute Gasteiger partial charge is 0.416 e. The number of alkyl halides is 3. The molecule has 2 aromatic carbocycles. The molecule has 0 unspecified atom stereocenters. The highest BCUT2D eigenvalue weighted by molar-refractivity contribution is 5.77. The van der Waals surface area contributed by atoms with Crippen LogP contribution in [0.5, 0.6) is 5.75 Å². The van der Waals surface area contributed by atoms with Crippen LogP contribution in [-0.4, -0.2) is 49.5 Å². The largest absolute Gasteiger partial charge is 0.484 e. The van der Waals surface area contributed by atoms with Crippen molar-refractivity contribution in [2.24, 2.45) is 0 Å². The molecule has 2 rings (SSSR count). The first kappa shape index (κ1) is 21.7. The van der Waals surface area contributed by atoms with Gasteiger partial charge in [0.05, 0.1) is 5.56 Å². The van der Waals surface area contributed by atoms with Crippen LogP contribution in [0.1, 0.15) is 11.1 Å². The van der Waals surface area contributed by atoms with Crippen molar-refractivity contribution in [3.63, 3.8) is 0 Å². The highest BCUT2D eigenvalue weighted by Crippen LogP contribution is 2.30. The molecule has 0 aliphatic rings. The van der Waals surface area contributed by atoms with E-state index in [-0.39, 0.29) is 24.8 Å². The van der Waals surface area contributed by atoms with Crippen molar-refractivity contribution < 1.29 is 27.1 Å². The average Bonchev–Trinajstić information content (AvgIpc) is 2.64. The molecule has 0 radical (unpaired) electrons. The van der Waals surface area contributed by atoms with Gasteiger partial charge in [0.25, 0.3) is 5.91 Å². The Morgan fingerprint density at radius 1 is 1.00 bits per heavy atom. The van der Waals surface area contributed by atoms with Crippen molar-refractivity contribution in [1.29, 1.82) is 0 Å². The van der Waals surface area contributed by atoms with E-state index in [4.69, 9.17) is 4.74 Å². The fourth-order valence-corrected chi connectivity index (χ4v) is 2.42. The third kappa shape index (κ3) is 6.53. The molecule has 0 spiro atoms. The Bertz CT molecular complexity index is 777. The van der Waals surface area contributed by atoms with E-state index in [0.717, 1.165) is 24.3 Å². The zero-order valence-electron chi connectivity index (χ0n) is 15.7. The van der Waals surface area contributed by atoms with Gasteiger partial charge < -0.3 is 14.5 Å². The van der Waals surface area contributed by atoms with Crippen LogP contribution in [0.25, 0.3) is 0 Å². The number of ether oxygens (including phenoxy) is 1. The summed E-state index contributed by atoms with van der Waals surface area (Å²) < 4.78 is 57.0. The molecule has 0 aliphatic heterocycles. The predicted octanol–water partition coefficient (Wildman–Crippen LogP) is 3.81. The minimum Gasteiger partial charge on any atom is -0.484 e. The van der Waals surface area contributed by atoms with E-state index in [1.54, 1.807) is 18.2 Å². The Morgan fingerprint density at radius 3 is 2.21 bits per heavy atom. The van der Waals surface area contributed by atoms with E-state index in [9.17, 15) is 22.4 Å². The Morgan fingerprint density at radius 2 is 1.64 bits per heavy atom. The van der Waals surface area contributed by atoms with Gasteiger partial charge >= 0.3 is 6.18 Å². The molecule has 28 heavy (non-hydrogen) atoms. The number of nitrogens with zero attached hydrogens (tertiary/aromatic N) is 2. The van der Waals surface area contributed by atoms with Gasteiger partial charge in [0.2, 0.25) is 0 Å². The maximum atomic E-state index is 13.9. The number of carbonyl (C=O) groups excluding carboxylic acids is 1.